The summed E-state index contributed by atoms with van der Waals surface area (Å²) >= 11 is 0. The molecule has 0 radical (unpaired) electrons. The molecule has 1 saturated heterocycles. The van der Waals surface area contributed by atoms with Crippen LogP contribution in [0.1, 0.15) is 38.2 Å². The van der Waals surface area contributed by atoms with Crippen LogP contribution < -0.4 is 5.32 Å². The molecule has 1 fully saturated rings. The van der Waals surface area contributed by atoms with Crippen molar-refractivity contribution in [2.45, 2.75) is 43.9 Å². The Labute approximate surface area is 182 Å². The van der Waals surface area contributed by atoms with Crippen molar-refractivity contribution in [3.8, 4) is 0 Å². The van der Waals surface area contributed by atoms with Gasteiger partial charge in [-0.25, -0.2) is 8.42 Å². The molecule has 0 spiro atoms. The maximum absolute atomic E-state index is 13.0. The summed E-state index contributed by atoms with van der Waals surface area (Å²) in [6, 6.07) is 4.62. The first kappa shape index (κ1) is 23.2. The number of ether oxygens (including phenoxy) is 1. The molecule has 10 heteroatoms. The van der Waals surface area contributed by atoms with E-state index < -0.39 is 10.0 Å². The van der Waals surface area contributed by atoms with Crippen molar-refractivity contribution in [3.05, 3.63) is 23.8 Å². The maximum atomic E-state index is 13.0. The molecule has 1 aromatic rings. The molecule has 170 valence electrons. The summed E-state index contributed by atoms with van der Waals surface area (Å²) in [6.07, 6.45) is 2.68. The highest BCUT2D eigenvalue weighted by molar-refractivity contribution is 7.89. The molecule has 0 aromatic heterocycles. The van der Waals surface area contributed by atoms with Crippen molar-refractivity contribution < 1.29 is 27.5 Å². The van der Waals surface area contributed by atoms with E-state index in [0.717, 1.165) is 9.87 Å². The fourth-order valence-corrected chi connectivity index (χ4v) is 5.06. The molecule has 0 atom stereocenters. The number of sulfonamides is 1. The number of carbonyl (C=O) groups is 3. The van der Waals surface area contributed by atoms with E-state index in [2.05, 4.69) is 5.32 Å². The number of piperidine rings is 1. The van der Waals surface area contributed by atoms with Gasteiger partial charge in [-0.05, 0) is 56.4 Å². The third-order valence-corrected chi connectivity index (χ3v) is 7.53. The minimum atomic E-state index is -3.86. The quantitative estimate of drug-likeness (QED) is 0.654. The fraction of sp³-hybridized carbons (Fsp3) is 0.571. The van der Waals surface area contributed by atoms with Gasteiger partial charge in [0.25, 0.3) is 0 Å². The Morgan fingerprint density at radius 1 is 1.23 bits per heavy atom. The molecule has 9 nitrogen and oxygen atoms in total. The van der Waals surface area contributed by atoms with Crippen molar-refractivity contribution in [3.63, 3.8) is 0 Å². The SMILES string of the molecule is CCOC(=O)C1CCN(C(=O)CN(C)S(=O)(=O)c2ccc3c(c2)CCCC(=O)N3)CC1. The number of esters is 1. The Morgan fingerprint density at radius 2 is 1.94 bits per heavy atom. The van der Waals surface area contributed by atoms with Gasteiger partial charge in [-0.15, -0.1) is 0 Å². The number of likely N-dealkylation sites (N-methyl/N-ethyl adjacent to an activating group) is 1. The predicted molar refractivity (Wildman–Crippen MR) is 114 cm³/mol. The number of nitrogens with zero attached hydrogens (tertiary/aromatic N) is 2. The third-order valence-electron chi connectivity index (χ3n) is 5.73. The van der Waals surface area contributed by atoms with Gasteiger partial charge in [0.05, 0.1) is 24.0 Å². The molecular weight excluding hydrogens is 422 g/mol. The lowest BCUT2D eigenvalue weighted by atomic mass is 9.97. The molecule has 2 aliphatic rings. The van der Waals surface area contributed by atoms with Gasteiger partial charge < -0.3 is 15.0 Å². The lowest BCUT2D eigenvalue weighted by Gasteiger charge is -2.32. The minimum Gasteiger partial charge on any atom is -0.466 e. The lowest BCUT2D eigenvalue weighted by molar-refractivity contribution is -0.151. The molecule has 0 unspecified atom stereocenters. The number of likely N-dealkylation sites (tertiary alicyclic amines) is 1. The smallest absolute Gasteiger partial charge is 0.309 e. The minimum absolute atomic E-state index is 0.0798. The van der Waals surface area contributed by atoms with Gasteiger partial charge in [0, 0.05) is 32.2 Å². The van der Waals surface area contributed by atoms with Gasteiger partial charge in [-0.1, -0.05) is 0 Å². The number of fused-ring (bicyclic) bond motifs is 1. The van der Waals surface area contributed by atoms with Crippen LogP contribution in [0.4, 0.5) is 5.69 Å². The van der Waals surface area contributed by atoms with E-state index in [1.54, 1.807) is 24.0 Å². The first-order valence-corrected chi connectivity index (χ1v) is 12.0. The fourth-order valence-electron chi connectivity index (χ4n) is 3.89. The van der Waals surface area contributed by atoms with Crippen LogP contribution in [0.15, 0.2) is 23.1 Å². The van der Waals surface area contributed by atoms with Gasteiger partial charge in [0.2, 0.25) is 21.8 Å². The lowest BCUT2D eigenvalue weighted by Crippen LogP contribution is -2.45. The Hall–Kier alpha value is -2.46. The number of carbonyl (C=O) groups excluding carboxylic acids is 3. The number of anilines is 1. The molecule has 1 N–H and O–H groups in total. The largest absolute Gasteiger partial charge is 0.466 e. The van der Waals surface area contributed by atoms with E-state index in [1.165, 1.54) is 13.1 Å². The molecule has 31 heavy (non-hydrogen) atoms. The van der Waals surface area contributed by atoms with Crippen LogP contribution in [0.5, 0.6) is 0 Å². The molecule has 2 heterocycles. The van der Waals surface area contributed by atoms with Crippen LogP contribution in [0.3, 0.4) is 0 Å². The molecular formula is C21H29N3O6S. The number of hydrogen-bond acceptors (Lipinski definition) is 6. The van der Waals surface area contributed by atoms with E-state index in [1.807, 2.05) is 0 Å². The topological polar surface area (TPSA) is 113 Å². The Bertz CT molecular complexity index is 954. The molecule has 0 bridgehead atoms. The van der Waals surface area contributed by atoms with Gasteiger partial charge in [0.15, 0.2) is 0 Å². The summed E-state index contributed by atoms with van der Waals surface area (Å²) in [7, 11) is -2.48. The standard InChI is InChI=1S/C21H29N3O6S/c1-3-30-21(27)15-9-11-24(12-10-15)20(26)14-23(2)31(28,29)17-7-8-18-16(13-17)5-4-6-19(25)22-18/h7-8,13,15H,3-6,9-12,14H2,1-2H3,(H,22,25). The first-order valence-electron chi connectivity index (χ1n) is 10.6. The number of amides is 2. The Balaban J connectivity index is 1.63. The van der Waals surface area contributed by atoms with Crippen molar-refractivity contribution in [1.29, 1.82) is 0 Å². The molecule has 1 aromatic carbocycles. The van der Waals surface area contributed by atoms with Crippen LogP contribution >= 0.6 is 0 Å². The number of rotatable bonds is 6. The van der Waals surface area contributed by atoms with Crippen LogP contribution in [-0.2, 0) is 35.6 Å². The van der Waals surface area contributed by atoms with Gasteiger partial charge in [-0.2, -0.15) is 4.31 Å². The molecule has 2 aliphatic heterocycles. The summed E-state index contributed by atoms with van der Waals surface area (Å²) in [5, 5.41) is 2.78. The molecule has 2 amide bonds. The maximum Gasteiger partial charge on any atom is 0.309 e. The Kier molecular flexibility index (Phi) is 7.32. The van der Waals surface area contributed by atoms with Crippen molar-refractivity contribution in [2.24, 2.45) is 5.92 Å². The highest BCUT2D eigenvalue weighted by Crippen LogP contribution is 2.26. The van der Waals surface area contributed by atoms with Crippen LogP contribution in [0.2, 0.25) is 0 Å². The van der Waals surface area contributed by atoms with Crippen molar-refractivity contribution in [2.75, 3.05) is 38.6 Å². The summed E-state index contributed by atoms with van der Waals surface area (Å²) in [5.41, 5.74) is 1.40. The molecule has 0 saturated carbocycles. The highest BCUT2D eigenvalue weighted by Gasteiger charge is 2.31. The van der Waals surface area contributed by atoms with Crippen LogP contribution in [0, 0.1) is 5.92 Å². The predicted octanol–water partition coefficient (Wildman–Crippen LogP) is 1.38. The van der Waals surface area contributed by atoms with E-state index >= 15 is 0 Å². The zero-order valence-electron chi connectivity index (χ0n) is 17.9. The summed E-state index contributed by atoms with van der Waals surface area (Å²) < 4.78 is 32.1. The monoisotopic (exact) mass is 451 g/mol. The third kappa shape index (κ3) is 5.43. The van der Waals surface area contributed by atoms with Crippen LogP contribution in [-0.4, -0.2) is 68.7 Å². The second kappa shape index (κ2) is 9.78. The van der Waals surface area contributed by atoms with Gasteiger partial charge >= 0.3 is 5.97 Å². The van der Waals surface area contributed by atoms with Crippen molar-refractivity contribution in [1.82, 2.24) is 9.21 Å². The van der Waals surface area contributed by atoms with E-state index in [9.17, 15) is 22.8 Å². The summed E-state index contributed by atoms with van der Waals surface area (Å²) in [6.45, 7) is 2.60. The van der Waals surface area contributed by atoms with Crippen molar-refractivity contribution >= 4 is 33.5 Å². The first-order chi connectivity index (χ1) is 14.7. The summed E-state index contributed by atoms with van der Waals surface area (Å²) in [4.78, 5) is 37.9. The van der Waals surface area contributed by atoms with E-state index in [-0.39, 0.29) is 35.1 Å². The zero-order chi connectivity index (χ0) is 22.6. The second-order valence-corrected chi connectivity index (χ2v) is 9.93. The van der Waals surface area contributed by atoms with Gasteiger partial charge in [0.1, 0.15) is 0 Å². The summed E-state index contributed by atoms with van der Waals surface area (Å²) in [5.74, 6) is -0.835. The molecule has 3 rings (SSSR count). The second-order valence-electron chi connectivity index (χ2n) is 7.89. The zero-order valence-corrected chi connectivity index (χ0v) is 18.7. The number of benzene rings is 1. The van der Waals surface area contributed by atoms with E-state index in [4.69, 9.17) is 4.74 Å². The molecule has 0 aliphatic carbocycles. The number of nitrogens with one attached hydrogen (secondary N) is 1. The average molecular weight is 452 g/mol. The number of aryl methyl sites for hydroxylation is 1. The Morgan fingerprint density at radius 3 is 2.61 bits per heavy atom. The highest BCUT2D eigenvalue weighted by atomic mass is 32.2. The normalized spacial score (nSPS) is 17.6. The van der Waals surface area contributed by atoms with Gasteiger partial charge in [-0.3, -0.25) is 14.4 Å². The average Bonchev–Trinajstić information content (AvgIpc) is 2.93. The van der Waals surface area contributed by atoms with E-state index in [0.29, 0.717) is 57.5 Å². The van der Waals surface area contributed by atoms with Crippen LogP contribution in [0.25, 0.3) is 0 Å². The number of hydrogen-bond donors (Lipinski definition) is 1.